The maximum atomic E-state index is 5.86. The number of hydrogen-bond acceptors (Lipinski definition) is 4. The molecule has 6 heteroatoms. The van der Waals surface area contributed by atoms with Crippen LogP contribution in [0, 0.1) is 11.8 Å². The van der Waals surface area contributed by atoms with Crippen LogP contribution in [0.3, 0.4) is 0 Å². The number of hydrogen-bond donors (Lipinski definition) is 2. The van der Waals surface area contributed by atoms with Gasteiger partial charge in [-0.1, -0.05) is 96.7 Å². The summed E-state index contributed by atoms with van der Waals surface area (Å²) in [6, 6.07) is 7.65. The van der Waals surface area contributed by atoms with Gasteiger partial charge in [0.25, 0.3) is 0 Å². The molecule has 0 aliphatic heterocycles. The summed E-state index contributed by atoms with van der Waals surface area (Å²) < 4.78 is 11.7. The van der Waals surface area contributed by atoms with Gasteiger partial charge >= 0.3 is 0 Å². The fourth-order valence-electron chi connectivity index (χ4n) is 3.46. The number of rotatable bonds is 18. The maximum Gasteiger partial charge on any atom is 0.138 e. The van der Waals surface area contributed by atoms with E-state index < -0.39 is 0 Å². The first kappa shape index (κ1) is 28.6. The fraction of sp³-hybridized carbons (Fsp3) is 0.692. The third-order valence-corrected chi connectivity index (χ3v) is 6.33. The molecule has 2 N–H and O–H groups in total. The van der Waals surface area contributed by atoms with Crippen molar-refractivity contribution in [1.29, 1.82) is 0 Å². The molecule has 0 aliphatic carbocycles. The molecule has 4 nitrogen and oxygen atoms in total. The van der Waals surface area contributed by atoms with Gasteiger partial charge in [0.1, 0.15) is 34.7 Å². The van der Waals surface area contributed by atoms with Gasteiger partial charge < -0.3 is 20.1 Å². The predicted octanol–water partition coefficient (Wildman–Crippen LogP) is 6.71. The van der Waals surface area contributed by atoms with Gasteiger partial charge in [0, 0.05) is 19.2 Å². The van der Waals surface area contributed by atoms with Gasteiger partial charge in [-0.3, -0.25) is 0 Å². The molecule has 0 saturated carbocycles. The average molecular weight is 481 g/mol. The van der Waals surface area contributed by atoms with Crippen LogP contribution in [0.1, 0.15) is 79.1 Å². The number of nitrogens with one attached hydrogen (secondary N) is 2. The Labute approximate surface area is 207 Å². The van der Waals surface area contributed by atoms with E-state index >= 15 is 0 Å². The zero-order valence-corrected chi connectivity index (χ0v) is 22.2. The van der Waals surface area contributed by atoms with Crippen LogP contribution in [0.25, 0.3) is 0 Å². The minimum Gasteiger partial charge on any atom is -0.486 e. The normalized spacial score (nSPS) is 12.6. The molecule has 0 bridgehead atoms. The van der Waals surface area contributed by atoms with Crippen LogP contribution in [0.5, 0.6) is 11.5 Å². The highest BCUT2D eigenvalue weighted by molar-refractivity contribution is 7.80. The van der Waals surface area contributed by atoms with E-state index in [1.165, 1.54) is 51.4 Å². The van der Waals surface area contributed by atoms with Gasteiger partial charge in [0.15, 0.2) is 0 Å². The molecular weight excluding hydrogens is 436 g/mol. The Morgan fingerprint density at radius 3 is 1.59 bits per heavy atom. The highest BCUT2D eigenvalue weighted by Gasteiger charge is 2.09. The van der Waals surface area contributed by atoms with Crippen molar-refractivity contribution >= 4 is 34.4 Å². The van der Waals surface area contributed by atoms with Gasteiger partial charge in [-0.15, -0.1) is 0 Å². The second-order valence-corrected chi connectivity index (χ2v) is 9.48. The molecule has 0 saturated heterocycles. The molecule has 0 amide bonds. The van der Waals surface area contributed by atoms with Crippen molar-refractivity contribution in [3.63, 3.8) is 0 Å². The average Bonchev–Trinajstić information content (AvgIpc) is 2.82. The van der Waals surface area contributed by atoms with Gasteiger partial charge in [0.05, 0.1) is 0 Å². The predicted molar refractivity (Wildman–Crippen MR) is 145 cm³/mol. The molecule has 32 heavy (non-hydrogen) atoms. The number of unbranched alkanes of at least 4 members (excludes halogenated alkanes) is 2. The molecule has 0 aliphatic rings. The molecule has 0 radical (unpaired) electrons. The first-order chi connectivity index (χ1) is 15.5. The quantitative estimate of drug-likeness (QED) is 0.228. The first-order valence-corrected chi connectivity index (χ1v) is 13.2. The van der Waals surface area contributed by atoms with Gasteiger partial charge in [-0.25, -0.2) is 0 Å². The molecule has 1 rings (SSSR count). The molecule has 0 aromatic heterocycles. The SMILES string of the molecule is CCCCC(CC)CNC(=S)COc1cccc(OCC(=S)NCC(CC)CCCC)c1. The number of benzene rings is 1. The lowest BCUT2D eigenvalue weighted by Gasteiger charge is -2.17. The lowest BCUT2D eigenvalue weighted by molar-refractivity contribution is 0.353. The Bertz CT molecular complexity index is 603. The summed E-state index contributed by atoms with van der Waals surface area (Å²) in [7, 11) is 0. The third kappa shape index (κ3) is 13.2. The topological polar surface area (TPSA) is 42.5 Å². The fourth-order valence-corrected chi connectivity index (χ4v) is 3.74. The van der Waals surface area contributed by atoms with Crippen molar-refractivity contribution in [1.82, 2.24) is 10.6 Å². The van der Waals surface area contributed by atoms with Crippen LogP contribution < -0.4 is 20.1 Å². The van der Waals surface area contributed by atoms with E-state index in [0.717, 1.165) is 34.6 Å². The van der Waals surface area contributed by atoms with Crippen LogP contribution in [0.4, 0.5) is 0 Å². The minimum atomic E-state index is 0.374. The summed E-state index contributed by atoms with van der Waals surface area (Å²) in [6.07, 6.45) is 9.85. The summed E-state index contributed by atoms with van der Waals surface area (Å²) in [5, 5.41) is 6.72. The Morgan fingerprint density at radius 2 is 1.22 bits per heavy atom. The Balaban J connectivity index is 2.35. The second-order valence-electron chi connectivity index (χ2n) is 8.49. The summed E-state index contributed by atoms with van der Waals surface area (Å²) in [5.74, 6) is 2.82. The van der Waals surface area contributed by atoms with E-state index in [-0.39, 0.29) is 0 Å². The van der Waals surface area contributed by atoms with Gasteiger partial charge in [-0.05, 0) is 36.8 Å². The van der Waals surface area contributed by atoms with E-state index in [9.17, 15) is 0 Å². The third-order valence-electron chi connectivity index (χ3n) is 5.81. The first-order valence-electron chi connectivity index (χ1n) is 12.4. The molecule has 1 aromatic rings. The summed E-state index contributed by atoms with van der Waals surface area (Å²) in [5.41, 5.74) is 0. The summed E-state index contributed by atoms with van der Waals surface area (Å²) in [6.45, 7) is 11.5. The van der Waals surface area contributed by atoms with Crippen LogP contribution in [-0.4, -0.2) is 36.3 Å². The summed E-state index contributed by atoms with van der Waals surface area (Å²) >= 11 is 10.9. The van der Waals surface area contributed by atoms with Gasteiger partial charge in [-0.2, -0.15) is 0 Å². The van der Waals surface area contributed by atoms with E-state index in [1.54, 1.807) is 0 Å². The standard InChI is InChI=1S/C26H44N2O2S2/c1-5-9-12-21(7-3)17-27-25(31)19-29-23-14-11-15-24(16-23)30-20-26(32)28-18-22(8-4)13-10-6-2/h11,14-16,21-22H,5-10,12-13,17-20H2,1-4H3,(H,27,31)(H,28,32). The van der Waals surface area contributed by atoms with Gasteiger partial charge in [0.2, 0.25) is 0 Å². The Morgan fingerprint density at radius 1 is 0.781 bits per heavy atom. The van der Waals surface area contributed by atoms with Crippen LogP contribution in [0.2, 0.25) is 0 Å². The van der Waals surface area contributed by atoms with E-state index in [0.29, 0.717) is 25.0 Å². The smallest absolute Gasteiger partial charge is 0.138 e. The maximum absolute atomic E-state index is 5.86. The van der Waals surface area contributed by atoms with E-state index in [2.05, 4.69) is 38.3 Å². The molecule has 182 valence electrons. The monoisotopic (exact) mass is 480 g/mol. The van der Waals surface area contributed by atoms with E-state index in [4.69, 9.17) is 33.9 Å². The molecule has 1 aromatic carbocycles. The molecular formula is C26H44N2O2S2. The van der Waals surface area contributed by atoms with Crippen LogP contribution >= 0.6 is 24.4 Å². The molecule has 2 unspecified atom stereocenters. The second kappa shape index (κ2) is 18.1. The van der Waals surface area contributed by atoms with Crippen molar-refractivity contribution in [3.05, 3.63) is 24.3 Å². The zero-order valence-electron chi connectivity index (χ0n) is 20.6. The minimum absolute atomic E-state index is 0.374. The molecule has 0 heterocycles. The van der Waals surface area contributed by atoms with E-state index in [1.807, 2.05) is 24.3 Å². The highest BCUT2D eigenvalue weighted by Crippen LogP contribution is 2.19. The lowest BCUT2D eigenvalue weighted by Crippen LogP contribution is -2.32. The van der Waals surface area contributed by atoms with Crippen molar-refractivity contribution < 1.29 is 9.47 Å². The molecule has 0 fully saturated rings. The van der Waals surface area contributed by atoms with Crippen LogP contribution in [-0.2, 0) is 0 Å². The highest BCUT2D eigenvalue weighted by atomic mass is 32.1. The van der Waals surface area contributed by atoms with Crippen molar-refractivity contribution in [3.8, 4) is 11.5 Å². The lowest BCUT2D eigenvalue weighted by atomic mass is 9.99. The van der Waals surface area contributed by atoms with Crippen molar-refractivity contribution in [2.75, 3.05) is 26.3 Å². The van der Waals surface area contributed by atoms with Crippen LogP contribution in [0.15, 0.2) is 24.3 Å². The largest absolute Gasteiger partial charge is 0.486 e. The Hall–Kier alpha value is -1.40. The molecule has 0 spiro atoms. The zero-order chi connectivity index (χ0) is 23.6. The number of thiocarbonyl (C=S) groups is 2. The van der Waals surface area contributed by atoms with Crippen molar-refractivity contribution in [2.45, 2.75) is 79.1 Å². The molecule has 2 atom stereocenters. The Kier molecular flexibility index (Phi) is 16.2. The van der Waals surface area contributed by atoms with Crippen molar-refractivity contribution in [2.24, 2.45) is 11.8 Å². The summed E-state index contributed by atoms with van der Waals surface area (Å²) in [4.78, 5) is 1.48. The number of ether oxygens (including phenoxy) is 2.